The van der Waals surface area contributed by atoms with Crippen LogP contribution in [0.15, 0.2) is 42.0 Å². The number of hydrogen-bond acceptors (Lipinski definition) is 5. The van der Waals surface area contributed by atoms with E-state index in [-0.39, 0.29) is 35.8 Å². The van der Waals surface area contributed by atoms with Gasteiger partial charge in [0.05, 0.1) is 16.6 Å². The number of rotatable bonds is 5. The van der Waals surface area contributed by atoms with Crippen molar-refractivity contribution in [2.24, 2.45) is 0 Å². The molecule has 164 valence electrons. The predicted octanol–water partition coefficient (Wildman–Crippen LogP) is 4.78. The molecule has 0 aliphatic carbocycles. The van der Waals surface area contributed by atoms with Crippen LogP contribution in [0.4, 0.5) is 13.2 Å². The summed E-state index contributed by atoms with van der Waals surface area (Å²) in [5, 5.41) is 5.96. The highest BCUT2D eigenvalue weighted by Gasteiger charge is 2.35. The van der Waals surface area contributed by atoms with E-state index >= 15 is 0 Å². The predicted molar refractivity (Wildman–Crippen MR) is 110 cm³/mol. The molecule has 0 aromatic carbocycles. The Hall–Kier alpha value is -2.75. The van der Waals surface area contributed by atoms with Gasteiger partial charge in [0.25, 0.3) is 0 Å². The van der Waals surface area contributed by atoms with Gasteiger partial charge in [-0.25, -0.2) is 9.97 Å². The fourth-order valence-corrected chi connectivity index (χ4v) is 4.46. The average Bonchev–Trinajstić information content (AvgIpc) is 3.47. The molecule has 0 saturated carbocycles. The Morgan fingerprint density at radius 3 is 2.84 bits per heavy atom. The highest BCUT2D eigenvalue weighted by molar-refractivity contribution is 7.13. The van der Waals surface area contributed by atoms with Crippen LogP contribution in [-0.4, -0.2) is 43.6 Å². The maximum atomic E-state index is 13.5. The number of nitrogens with zero attached hydrogens (tertiary/aromatic N) is 5. The molecule has 6 nitrogen and oxygen atoms in total. The van der Waals surface area contributed by atoms with Crippen molar-refractivity contribution in [3.05, 3.63) is 53.6 Å². The van der Waals surface area contributed by atoms with Gasteiger partial charge in [-0.15, -0.1) is 11.3 Å². The number of aromatic nitrogens is 4. The lowest BCUT2D eigenvalue weighted by Gasteiger charge is -2.33. The molecule has 4 heterocycles. The molecule has 1 fully saturated rings. The second kappa shape index (κ2) is 8.78. The normalized spacial score (nSPS) is 18.2. The van der Waals surface area contributed by atoms with Crippen molar-refractivity contribution in [3.8, 4) is 10.6 Å². The topological polar surface area (TPSA) is 63.9 Å². The molecule has 1 aliphatic rings. The molecule has 31 heavy (non-hydrogen) atoms. The van der Waals surface area contributed by atoms with Crippen LogP contribution in [0.3, 0.4) is 0 Å². The van der Waals surface area contributed by atoms with E-state index in [2.05, 4.69) is 15.1 Å². The molecule has 1 amide bonds. The number of piperidine rings is 1. The Morgan fingerprint density at radius 1 is 1.32 bits per heavy atom. The Morgan fingerprint density at radius 2 is 2.16 bits per heavy atom. The Kier molecular flexibility index (Phi) is 6.08. The van der Waals surface area contributed by atoms with Gasteiger partial charge in [0.2, 0.25) is 5.91 Å². The summed E-state index contributed by atoms with van der Waals surface area (Å²) in [4.78, 5) is 23.5. The van der Waals surface area contributed by atoms with Crippen LogP contribution in [0, 0.1) is 0 Å². The smallest absolute Gasteiger partial charge is 0.342 e. The number of alkyl halides is 3. The summed E-state index contributed by atoms with van der Waals surface area (Å²) in [7, 11) is 0. The number of carbonyl (C=O) groups excluding carboxylic acids is 1. The highest BCUT2D eigenvalue weighted by Crippen LogP contribution is 2.34. The SMILES string of the molecule is CC(CC(=O)N1CCCC(c2nc(-c3cccs3)cc(C(F)(F)F)n2)C1)n1cccn1. The van der Waals surface area contributed by atoms with E-state index in [1.54, 1.807) is 45.6 Å². The molecule has 0 N–H and O–H groups in total. The van der Waals surface area contributed by atoms with Crippen LogP contribution in [0.5, 0.6) is 0 Å². The first kappa shape index (κ1) is 21.5. The van der Waals surface area contributed by atoms with Crippen LogP contribution in [0.1, 0.15) is 49.7 Å². The summed E-state index contributed by atoms with van der Waals surface area (Å²) in [5.41, 5.74) is -0.681. The first-order valence-corrected chi connectivity index (χ1v) is 11.0. The fraction of sp³-hybridized carbons (Fsp3) is 0.429. The van der Waals surface area contributed by atoms with E-state index in [1.807, 2.05) is 6.92 Å². The summed E-state index contributed by atoms with van der Waals surface area (Å²) in [6.45, 7) is 2.81. The largest absolute Gasteiger partial charge is 0.433 e. The molecule has 3 aromatic rings. The molecule has 1 saturated heterocycles. The fourth-order valence-electron chi connectivity index (χ4n) is 3.78. The molecule has 3 aromatic heterocycles. The van der Waals surface area contributed by atoms with Gasteiger partial charge in [-0.05, 0) is 43.3 Å². The number of carbonyl (C=O) groups is 1. The molecule has 4 rings (SSSR count). The van der Waals surface area contributed by atoms with E-state index in [1.165, 1.54) is 11.3 Å². The molecular formula is C21H22F3N5OS. The Labute approximate surface area is 181 Å². The number of amides is 1. The number of likely N-dealkylation sites (tertiary alicyclic amines) is 1. The minimum atomic E-state index is -4.56. The number of halogens is 3. The van der Waals surface area contributed by atoms with E-state index in [4.69, 9.17) is 0 Å². The monoisotopic (exact) mass is 449 g/mol. The van der Waals surface area contributed by atoms with Crippen molar-refractivity contribution in [2.75, 3.05) is 13.1 Å². The van der Waals surface area contributed by atoms with Crippen LogP contribution in [0.2, 0.25) is 0 Å². The third-order valence-corrected chi connectivity index (χ3v) is 6.29. The minimum absolute atomic E-state index is 0.0434. The third kappa shape index (κ3) is 4.95. The summed E-state index contributed by atoms with van der Waals surface area (Å²) >= 11 is 1.33. The van der Waals surface area contributed by atoms with Crippen molar-refractivity contribution in [1.29, 1.82) is 0 Å². The zero-order valence-electron chi connectivity index (χ0n) is 16.9. The van der Waals surface area contributed by atoms with E-state index < -0.39 is 11.9 Å². The van der Waals surface area contributed by atoms with E-state index in [0.717, 1.165) is 6.07 Å². The van der Waals surface area contributed by atoms with Gasteiger partial charge >= 0.3 is 6.18 Å². The lowest BCUT2D eigenvalue weighted by Crippen LogP contribution is -2.40. The molecule has 10 heteroatoms. The first-order valence-electron chi connectivity index (χ1n) is 10.1. The van der Waals surface area contributed by atoms with Crippen molar-refractivity contribution >= 4 is 17.2 Å². The lowest BCUT2D eigenvalue weighted by atomic mass is 9.96. The van der Waals surface area contributed by atoms with Gasteiger partial charge < -0.3 is 4.90 Å². The highest BCUT2D eigenvalue weighted by atomic mass is 32.1. The second-order valence-corrected chi connectivity index (χ2v) is 8.64. The van der Waals surface area contributed by atoms with E-state index in [0.29, 0.717) is 30.8 Å². The van der Waals surface area contributed by atoms with Crippen LogP contribution in [-0.2, 0) is 11.0 Å². The van der Waals surface area contributed by atoms with Gasteiger partial charge in [-0.2, -0.15) is 18.3 Å². The molecule has 2 atom stereocenters. The van der Waals surface area contributed by atoms with Crippen molar-refractivity contribution in [1.82, 2.24) is 24.6 Å². The number of thiophene rings is 1. The zero-order valence-corrected chi connectivity index (χ0v) is 17.7. The Balaban J connectivity index is 1.55. The zero-order chi connectivity index (χ0) is 22.0. The summed E-state index contributed by atoms with van der Waals surface area (Å²) in [6, 6.07) is 6.21. The average molecular weight is 450 g/mol. The van der Waals surface area contributed by atoms with Crippen LogP contribution < -0.4 is 0 Å². The molecular weight excluding hydrogens is 427 g/mol. The summed E-state index contributed by atoms with van der Waals surface area (Å²) < 4.78 is 42.2. The molecule has 0 bridgehead atoms. The van der Waals surface area contributed by atoms with Gasteiger partial charge in [-0.1, -0.05) is 6.07 Å². The molecule has 0 radical (unpaired) electrons. The van der Waals surface area contributed by atoms with Crippen LogP contribution >= 0.6 is 11.3 Å². The third-order valence-electron chi connectivity index (χ3n) is 5.39. The molecule has 1 aliphatic heterocycles. The first-order chi connectivity index (χ1) is 14.8. The molecule has 0 spiro atoms. The molecule has 2 unspecified atom stereocenters. The minimum Gasteiger partial charge on any atom is -0.342 e. The van der Waals surface area contributed by atoms with Gasteiger partial charge in [0, 0.05) is 37.8 Å². The number of hydrogen-bond donors (Lipinski definition) is 0. The van der Waals surface area contributed by atoms with Gasteiger partial charge in [0.1, 0.15) is 11.5 Å². The lowest BCUT2D eigenvalue weighted by molar-refractivity contribution is -0.141. The maximum absolute atomic E-state index is 13.5. The second-order valence-electron chi connectivity index (χ2n) is 7.69. The van der Waals surface area contributed by atoms with Crippen LogP contribution in [0.25, 0.3) is 10.6 Å². The summed E-state index contributed by atoms with van der Waals surface area (Å²) in [6.07, 6.45) is 0.517. The standard InChI is InChI=1S/C21H22F3N5OS/c1-14(29-9-4-7-25-29)11-19(30)28-8-2-5-15(13-28)20-26-16(17-6-3-10-31-17)12-18(27-20)21(22,23)24/h3-4,6-7,9-10,12,14-15H,2,5,8,11,13H2,1H3. The van der Waals surface area contributed by atoms with E-state index in [9.17, 15) is 18.0 Å². The van der Waals surface area contributed by atoms with Crippen molar-refractivity contribution < 1.29 is 18.0 Å². The van der Waals surface area contributed by atoms with Crippen molar-refractivity contribution in [3.63, 3.8) is 0 Å². The Bertz CT molecular complexity index is 1020. The van der Waals surface area contributed by atoms with Crippen molar-refractivity contribution in [2.45, 2.75) is 44.3 Å². The summed E-state index contributed by atoms with van der Waals surface area (Å²) in [5.74, 6) is -0.229. The van der Waals surface area contributed by atoms with Gasteiger partial charge in [-0.3, -0.25) is 9.48 Å². The maximum Gasteiger partial charge on any atom is 0.433 e. The quantitative estimate of drug-likeness (QED) is 0.563. The van der Waals surface area contributed by atoms with Gasteiger partial charge in [0.15, 0.2) is 0 Å².